The predicted octanol–water partition coefficient (Wildman–Crippen LogP) is 2.68. The number of piperidine rings is 1. The molecule has 16 heavy (non-hydrogen) atoms. The zero-order valence-electron chi connectivity index (χ0n) is 9.70. The van der Waals surface area contributed by atoms with Crippen molar-refractivity contribution in [1.82, 2.24) is 4.90 Å². The maximum atomic E-state index is 5.92. The summed E-state index contributed by atoms with van der Waals surface area (Å²) in [4.78, 5) is 2.41. The van der Waals surface area contributed by atoms with Crippen molar-refractivity contribution in [3.05, 3.63) is 34.9 Å². The van der Waals surface area contributed by atoms with Gasteiger partial charge in [0, 0.05) is 11.1 Å². The number of hydrogen-bond acceptors (Lipinski definition) is 2. The molecule has 2 atom stereocenters. The number of halogens is 1. The van der Waals surface area contributed by atoms with E-state index in [0.29, 0.717) is 12.0 Å². The Kier molecular flexibility index (Phi) is 3.85. The molecule has 0 aliphatic carbocycles. The number of benzene rings is 1. The van der Waals surface area contributed by atoms with Gasteiger partial charge in [0.2, 0.25) is 0 Å². The standard InChI is InChI=1S/C13H19ClN2/c1-16-8-2-3-11(9-15)13(16)10-4-6-12(14)7-5-10/h4-7,11,13H,2-3,8-9,15H2,1H3. The summed E-state index contributed by atoms with van der Waals surface area (Å²) in [5.74, 6) is 0.569. The molecule has 2 rings (SSSR count). The van der Waals surface area contributed by atoms with Crippen LogP contribution in [-0.2, 0) is 0 Å². The maximum Gasteiger partial charge on any atom is 0.0406 e. The first-order valence-corrected chi connectivity index (χ1v) is 6.26. The van der Waals surface area contributed by atoms with Crippen LogP contribution in [0.15, 0.2) is 24.3 Å². The van der Waals surface area contributed by atoms with Crippen LogP contribution in [0.2, 0.25) is 5.02 Å². The zero-order valence-corrected chi connectivity index (χ0v) is 10.5. The molecular weight excluding hydrogens is 220 g/mol. The molecule has 0 aromatic heterocycles. The molecule has 0 saturated carbocycles. The molecule has 1 heterocycles. The highest BCUT2D eigenvalue weighted by molar-refractivity contribution is 6.30. The largest absolute Gasteiger partial charge is 0.330 e. The van der Waals surface area contributed by atoms with Gasteiger partial charge in [-0.2, -0.15) is 0 Å². The first kappa shape index (κ1) is 11.9. The van der Waals surface area contributed by atoms with Gasteiger partial charge >= 0.3 is 0 Å². The number of hydrogen-bond donors (Lipinski definition) is 1. The summed E-state index contributed by atoms with van der Waals surface area (Å²) in [6.07, 6.45) is 2.48. The van der Waals surface area contributed by atoms with Crippen LogP contribution in [0.1, 0.15) is 24.4 Å². The van der Waals surface area contributed by atoms with E-state index in [1.807, 2.05) is 12.1 Å². The molecule has 1 aliphatic rings. The highest BCUT2D eigenvalue weighted by Gasteiger charge is 2.29. The van der Waals surface area contributed by atoms with E-state index in [0.717, 1.165) is 18.1 Å². The minimum Gasteiger partial charge on any atom is -0.330 e. The fourth-order valence-electron chi connectivity index (χ4n) is 2.69. The summed E-state index contributed by atoms with van der Waals surface area (Å²) in [6.45, 7) is 1.92. The summed E-state index contributed by atoms with van der Waals surface area (Å²) in [5, 5.41) is 0.798. The van der Waals surface area contributed by atoms with Crippen LogP contribution >= 0.6 is 11.6 Å². The molecule has 2 unspecified atom stereocenters. The van der Waals surface area contributed by atoms with E-state index in [-0.39, 0.29) is 0 Å². The maximum absolute atomic E-state index is 5.92. The zero-order chi connectivity index (χ0) is 11.5. The lowest BCUT2D eigenvalue weighted by molar-refractivity contribution is 0.125. The Balaban J connectivity index is 2.24. The van der Waals surface area contributed by atoms with Gasteiger partial charge in [0.15, 0.2) is 0 Å². The van der Waals surface area contributed by atoms with Gasteiger partial charge < -0.3 is 5.73 Å². The van der Waals surface area contributed by atoms with E-state index in [1.165, 1.54) is 18.4 Å². The second-order valence-corrected chi connectivity index (χ2v) is 5.05. The molecule has 0 amide bonds. The van der Waals surface area contributed by atoms with Crippen molar-refractivity contribution in [3.8, 4) is 0 Å². The van der Waals surface area contributed by atoms with Crippen LogP contribution in [0.3, 0.4) is 0 Å². The summed E-state index contributed by atoms with van der Waals surface area (Å²) < 4.78 is 0. The van der Waals surface area contributed by atoms with Crippen LogP contribution in [-0.4, -0.2) is 25.0 Å². The molecular formula is C13H19ClN2. The van der Waals surface area contributed by atoms with E-state index in [9.17, 15) is 0 Å². The van der Waals surface area contributed by atoms with Crippen LogP contribution in [0.25, 0.3) is 0 Å². The van der Waals surface area contributed by atoms with E-state index in [1.54, 1.807) is 0 Å². The van der Waals surface area contributed by atoms with Gasteiger partial charge in [0.05, 0.1) is 0 Å². The van der Waals surface area contributed by atoms with Gasteiger partial charge in [-0.3, -0.25) is 4.90 Å². The Hall–Kier alpha value is -0.570. The molecule has 0 spiro atoms. The Bertz CT molecular complexity index is 336. The molecule has 2 N–H and O–H groups in total. The SMILES string of the molecule is CN1CCCC(CN)C1c1ccc(Cl)cc1. The second-order valence-electron chi connectivity index (χ2n) is 4.62. The van der Waals surface area contributed by atoms with E-state index in [2.05, 4.69) is 24.1 Å². The van der Waals surface area contributed by atoms with E-state index in [4.69, 9.17) is 17.3 Å². The quantitative estimate of drug-likeness (QED) is 0.859. The number of nitrogens with two attached hydrogens (primary N) is 1. The minimum absolute atomic E-state index is 0.455. The van der Waals surface area contributed by atoms with Crippen molar-refractivity contribution in [2.45, 2.75) is 18.9 Å². The Morgan fingerprint density at radius 1 is 1.38 bits per heavy atom. The molecule has 88 valence electrons. The first-order valence-electron chi connectivity index (χ1n) is 5.88. The number of nitrogens with zero attached hydrogens (tertiary/aromatic N) is 1. The van der Waals surface area contributed by atoms with Crippen LogP contribution in [0.5, 0.6) is 0 Å². The van der Waals surface area contributed by atoms with Crippen LogP contribution in [0, 0.1) is 5.92 Å². The Morgan fingerprint density at radius 3 is 2.69 bits per heavy atom. The van der Waals surface area contributed by atoms with Crippen molar-refractivity contribution >= 4 is 11.6 Å². The fourth-order valence-corrected chi connectivity index (χ4v) is 2.82. The lowest BCUT2D eigenvalue weighted by Crippen LogP contribution is -2.39. The van der Waals surface area contributed by atoms with Gasteiger partial charge in [-0.25, -0.2) is 0 Å². The molecule has 2 nitrogen and oxygen atoms in total. The van der Waals surface area contributed by atoms with Gasteiger partial charge in [0.1, 0.15) is 0 Å². The lowest BCUT2D eigenvalue weighted by atomic mass is 9.85. The fraction of sp³-hybridized carbons (Fsp3) is 0.538. The second kappa shape index (κ2) is 5.17. The minimum atomic E-state index is 0.455. The highest BCUT2D eigenvalue weighted by Crippen LogP contribution is 2.34. The van der Waals surface area contributed by atoms with Gasteiger partial charge in [0.25, 0.3) is 0 Å². The molecule has 0 bridgehead atoms. The number of likely N-dealkylation sites (tertiary alicyclic amines) is 1. The number of rotatable bonds is 2. The molecule has 3 heteroatoms. The third-order valence-electron chi connectivity index (χ3n) is 3.52. The highest BCUT2D eigenvalue weighted by atomic mass is 35.5. The van der Waals surface area contributed by atoms with E-state index < -0.39 is 0 Å². The predicted molar refractivity (Wildman–Crippen MR) is 68.6 cm³/mol. The first-order chi connectivity index (χ1) is 7.72. The topological polar surface area (TPSA) is 29.3 Å². The van der Waals surface area contributed by atoms with Crippen molar-refractivity contribution in [1.29, 1.82) is 0 Å². The van der Waals surface area contributed by atoms with E-state index >= 15 is 0 Å². The summed E-state index contributed by atoms with van der Waals surface area (Å²) in [7, 11) is 2.18. The summed E-state index contributed by atoms with van der Waals surface area (Å²) in [5.41, 5.74) is 7.21. The molecule has 1 aliphatic heterocycles. The van der Waals surface area contributed by atoms with Crippen molar-refractivity contribution in [2.75, 3.05) is 20.1 Å². The van der Waals surface area contributed by atoms with Gasteiger partial charge in [-0.05, 0) is 56.6 Å². The van der Waals surface area contributed by atoms with Gasteiger partial charge in [-0.1, -0.05) is 23.7 Å². The van der Waals surface area contributed by atoms with Crippen molar-refractivity contribution < 1.29 is 0 Å². The van der Waals surface area contributed by atoms with Crippen LogP contribution < -0.4 is 5.73 Å². The van der Waals surface area contributed by atoms with Crippen molar-refractivity contribution in [2.24, 2.45) is 11.7 Å². The average molecular weight is 239 g/mol. The molecule has 1 aromatic rings. The third kappa shape index (κ3) is 2.40. The monoisotopic (exact) mass is 238 g/mol. The van der Waals surface area contributed by atoms with Crippen molar-refractivity contribution in [3.63, 3.8) is 0 Å². The Morgan fingerprint density at radius 2 is 2.06 bits per heavy atom. The molecule has 1 fully saturated rings. The summed E-state index contributed by atoms with van der Waals surface area (Å²) in [6, 6.07) is 8.63. The molecule has 1 saturated heterocycles. The third-order valence-corrected chi connectivity index (χ3v) is 3.77. The van der Waals surface area contributed by atoms with Crippen LogP contribution in [0.4, 0.5) is 0 Å². The normalized spacial score (nSPS) is 26.9. The smallest absolute Gasteiger partial charge is 0.0406 e. The molecule has 1 aromatic carbocycles. The average Bonchev–Trinajstić information content (AvgIpc) is 2.30. The van der Waals surface area contributed by atoms with Gasteiger partial charge in [-0.15, -0.1) is 0 Å². The molecule has 0 radical (unpaired) electrons. The lowest BCUT2D eigenvalue weighted by Gasteiger charge is -2.39. The summed E-state index contributed by atoms with van der Waals surface area (Å²) >= 11 is 5.92. The Labute approximate surface area is 102 Å².